The van der Waals surface area contributed by atoms with Crippen LogP contribution in [0, 0.1) is 5.82 Å². The summed E-state index contributed by atoms with van der Waals surface area (Å²) in [5.41, 5.74) is 2.33. The molecule has 2 amide bonds. The predicted molar refractivity (Wildman–Crippen MR) is 155 cm³/mol. The number of urea groups is 1. The van der Waals surface area contributed by atoms with E-state index in [2.05, 4.69) is 10.2 Å². The molecule has 0 bridgehead atoms. The van der Waals surface area contributed by atoms with E-state index in [1.807, 2.05) is 72.5 Å². The largest absolute Gasteiger partial charge is 0.463 e. The molecule has 0 aliphatic carbocycles. The van der Waals surface area contributed by atoms with Gasteiger partial charge in [-0.25, -0.2) is 14.0 Å². The van der Waals surface area contributed by atoms with E-state index in [1.54, 1.807) is 24.0 Å². The molecule has 2 aliphatic heterocycles. The summed E-state index contributed by atoms with van der Waals surface area (Å²) in [6.07, 6.45) is 0. The normalized spacial score (nSPS) is 17.8. The van der Waals surface area contributed by atoms with Crippen LogP contribution in [0.2, 0.25) is 0 Å². The zero-order valence-electron chi connectivity index (χ0n) is 23.4. The Balaban J connectivity index is 1.44. The molecule has 1 fully saturated rings. The van der Waals surface area contributed by atoms with E-state index in [-0.39, 0.29) is 18.5 Å². The number of nitrogens with one attached hydrogen (secondary N) is 1. The molecule has 0 radical (unpaired) electrons. The van der Waals surface area contributed by atoms with Crippen LogP contribution in [0.25, 0.3) is 0 Å². The van der Waals surface area contributed by atoms with Crippen LogP contribution in [-0.4, -0.2) is 67.7 Å². The van der Waals surface area contributed by atoms with Gasteiger partial charge in [-0.05, 0) is 55.8 Å². The number of anilines is 1. The van der Waals surface area contributed by atoms with Crippen molar-refractivity contribution in [1.29, 1.82) is 0 Å². The zero-order valence-corrected chi connectivity index (χ0v) is 23.4. The maximum absolute atomic E-state index is 14.4. The molecule has 3 aromatic rings. The number of likely N-dealkylation sites (N-methyl/N-ethyl adjacent to an activating group) is 1. The average molecular weight is 559 g/mol. The summed E-state index contributed by atoms with van der Waals surface area (Å²) in [6, 6.07) is 22.6. The highest BCUT2D eigenvalue weighted by atomic mass is 19.1. The quantitative estimate of drug-likeness (QED) is 0.357. The summed E-state index contributed by atoms with van der Waals surface area (Å²) in [5, 5.41) is 3.02. The number of halogens is 1. The standard InChI is InChI=1S/C32H35FN4O4/c1-3-37-28(22-35-17-19-36(20-18-35)27-16-9-8-15-26(27)33)29(31(38)40-4-2)30(34-32(37)39)23-11-10-14-25(21-23)41-24-12-6-5-7-13-24/h5-16,21,30H,3-4,17-20,22H2,1-2H3,(H,34,39)/t30-/m0/s1. The Labute approximate surface area is 239 Å². The fraction of sp³-hybridized carbons (Fsp3) is 0.312. The van der Waals surface area contributed by atoms with Gasteiger partial charge in [0, 0.05) is 45.0 Å². The predicted octanol–water partition coefficient (Wildman–Crippen LogP) is 5.34. The van der Waals surface area contributed by atoms with Crippen molar-refractivity contribution in [2.75, 3.05) is 50.8 Å². The molecule has 0 unspecified atom stereocenters. The summed E-state index contributed by atoms with van der Waals surface area (Å²) in [5.74, 6) is 0.571. The molecule has 3 aromatic carbocycles. The first-order chi connectivity index (χ1) is 20.0. The van der Waals surface area contributed by atoms with E-state index < -0.39 is 12.0 Å². The Morgan fingerprint density at radius 1 is 0.927 bits per heavy atom. The van der Waals surface area contributed by atoms with Gasteiger partial charge in [-0.1, -0.05) is 42.5 Å². The minimum Gasteiger partial charge on any atom is -0.463 e. The van der Waals surface area contributed by atoms with E-state index >= 15 is 0 Å². The van der Waals surface area contributed by atoms with Crippen LogP contribution < -0.4 is 15.0 Å². The summed E-state index contributed by atoms with van der Waals surface area (Å²) in [7, 11) is 0. The van der Waals surface area contributed by atoms with Crippen LogP contribution in [0.3, 0.4) is 0 Å². The molecule has 5 rings (SSSR count). The summed E-state index contributed by atoms with van der Waals surface area (Å²) < 4.78 is 25.9. The van der Waals surface area contributed by atoms with E-state index in [0.717, 1.165) is 0 Å². The number of hydrogen-bond acceptors (Lipinski definition) is 6. The number of carbonyl (C=O) groups excluding carboxylic acids is 2. The molecule has 1 saturated heterocycles. The van der Waals surface area contributed by atoms with Crippen molar-refractivity contribution in [3.8, 4) is 11.5 Å². The Morgan fingerprint density at radius 2 is 1.63 bits per heavy atom. The smallest absolute Gasteiger partial charge is 0.338 e. The van der Waals surface area contributed by atoms with Gasteiger partial charge in [-0.3, -0.25) is 9.80 Å². The molecular weight excluding hydrogens is 523 g/mol. The second kappa shape index (κ2) is 12.9. The second-order valence-corrected chi connectivity index (χ2v) is 9.91. The van der Waals surface area contributed by atoms with Gasteiger partial charge in [0.25, 0.3) is 0 Å². The molecule has 1 atom stereocenters. The monoisotopic (exact) mass is 558 g/mol. The van der Waals surface area contributed by atoms with Crippen LogP contribution in [0.4, 0.5) is 14.9 Å². The van der Waals surface area contributed by atoms with Gasteiger partial charge in [0.05, 0.1) is 23.9 Å². The van der Waals surface area contributed by atoms with Crippen LogP contribution in [0.5, 0.6) is 11.5 Å². The molecule has 214 valence electrons. The van der Waals surface area contributed by atoms with Gasteiger partial charge in [0.2, 0.25) is 0 Å². The Hall–Kier alpha value is -4.37. The van der Waals surface area contributed by atoms with Crippen molar-refractivity contribution < 1.29 is 23.5 Å². The number of benzene rings is 3. The molecule has 2 aliphatic rings. The maximum atomic E-state index is 14.4. The van der Waals surface area contributed by atoms with Gasteiger partial charge in [0.1, 0.15) is 17.3 Å². The molecular formula is C32H35FN4O4. The molecule has 41 heavy (non-hydrogen) atoms. The zero-order chi connectivity index (χ0) is 28.8. The van der Waals surface area contributed by atoms with Gasteiger partial charge in [0.15, 0.2) is 0 Å². The lowest BCUT2D eigenvalue weighted by molar-refractivity contribution is -0.139. The van der Waals surface area contributed by atoms with E-state index in [9.17, 15) is 14.0 Å². The number of hydrogen-bond donors (Lipinski definition) is 1. The maximum Gasteiger partial charge on any atom is 0.338 e. The fourth-order valence-electron chi connectivity index (χ4n) is 5.36. The molecule has 0 aromatic heterocycles. The molecule has 2 heterocycles. The number of ether oxygens (including phenoxy) is 2. The molecule has 0 saturated carbocycles. The van der Waals surface area contributed by atoms with Crippen molar-refractivity contribution >= 4 is 17.7 Å². The third-order valence-electron chi connectivity index (χ3n) is 7.36. The Morgan fingerprint density at radius 3 is 2.34 bits per heavy atom. The van der Waals surface area contributed by atoms with Crippen LogP contribution in [-0.2, 0) is 9.53 Å². The van der Waals surface area contributed by atoms with Crippen LogP contribution >= 0.6 is 0 Å². The van der Waals surface area contributed by atoms with E-state index in [4.69, 9.17) is 9.47 Å². The molecule has 0 spiro atoms. The minimum absolute atomic E-state index is 0.209. The molecule has 1 N–H and O–H groups in total. The van der Waals surface area contributed by atoms with Crippen molar-refractivity contribution in [3.63, 3.8) is 0 Å². The molecule has 9 heteroatoms. The van der Waals surface area contributed by atoms with Gasteiger partial charge in [-0.2, -0.15) is 0 Å². The first-order valence-corrected chi connectivity index (χ1v) is 14.0. The highest BCUT2D eigenvalue weighted by Crippen LogP contribution is 2.34. The minimum atomic E-state index is -0.710. The summed E-state index contributed by atoms with van der Waals surface area (Å²) >= 11 is 0. The number of carbonyl (C=O) groups is 2. The van der Waals surface area contributed by atoms with E-state index in [0.29, 0.717) is 73.3 Å². The third kappa shape index (κ3) is 6.36. The first-order valence-electron chi connectivity index (χ1n) is 14.0. The van der Waals surface area contributed by atoms with Crippen molar-refractivity contribution in [2.45, 2.75) is 19.9 Å². The van der Waals surface area contributed by atoms with Crippen molar-refractivity contribution in [3.05, 3.63) is 102 Å². The summed E-state index contributed by atoms with van der Waals surface area (Å²) in [4.78, 5) is 32.7. The average Bonchev–Trinajstić information content (AvgIpc) is 2.98. The number of rotatable bonds is 9. The highest BCUT2D eigenvalue weighted by Gasteiger charge is 2.38. The SMILES string of the molecule is CCOC(=O)C1=C(CN2CCN(c3ccccc3F)CC2)N(CC)C(=O)N[C@H]1c1cccc(Oc2ccccc2)c1. The Bertz CT molecular complexity index is 1410. The highest BCUT2D eigenvalue weighted by molar-refractivity contribution is 5.95. The number of esters is 1. The summed E-state index contributed by atoms with van der Waals surface area (Å²) in [6.45, 7) is 7.19. The van der Waals surface area contributed by atoms with Crippen molar-refractivity contribution in [2.24, 2.45) is 0 Å². The van der Waals surface area contributed by atoms with E-state index in [1.165, 1.54) is 6.07 Å². The van der Waals surface area contributed by atoms with Crippen LogP contribution in [0.1, 0.15) is 25.5 Å². The fourth-order valence-corrected chi connectivity index (χ4v) is 5.36. The third-order valence-corrected chi connectivity index (χ3v) is 7.36. The lowest BCUT2D eigenvalue weighted by atomic mass is 9.94. The molecule has 8 nitrogen and oxygen atoms in total. The lowest BCUT2D eigenvalue weighted by Crippen LogP contribution is -2.53. The topological polar surface area (TPSA) is 74.4 Å². The van der Waals surface area contributed by atoms with Gasteiger partial charge in [-0.15, -0.1) is 0 Å². The van der Waals surface area contributed by atoms with Crippen molar-refractivity contribution in [1.82, 2.24) is 15.1 Å². The van der Waals surface area contributed by atoms with Crippen LogP contribution in [0.15, 0.2) is 90.1 Å². The van der Waals surface area contributed by atoms with Gasteiger partial charge >= 0.3 is 12.0 Å². The number of nitrogens with zero attached hydrogens (tertiary/aromatic N) is 3. The second-order valence-electron chi connectivity index (χ2n) is 9.91. The van der Waals surface area contributed by atoms with Gasteiger partial charge < -0.3 is 19.7 Å². The number of para-hydroxylation sites is 2. The number of piperazine rings is 1. The lowest BCUT2D eigenvalue weighted by Gasteiger charge is -2.41. The Kier molecular flexibility index (Phi) is 8.84. The first kappa shape index (κ1) is 28.2. The number of amides is 2.